The highest BCUT2D eigenvalue weighted by Gasteiger charge is 2.16. The molecule has 6 nitrogen and oxygen atoms in total. The summed E-state index contributed by atoms with van der Waals surface area (Å²) in [7, 11) is 0. The third kappa shape index (κ3) is 2.25. The molecule has 0 amide bonds. The SMILES string of the molecule is CCOC(=O)c1nn(-c2ccncc2)cc1N. The quantitative estimate of drug-likeness (QED) is 0.799. The van der Waals surface area contributed by atoms with Gasteiger partial charge in [-0.15, -0.1) is 0 Å². The Labute approximate surface area is 98.0 Å². The summed E-state index contributed by atoms with van der Waals surface area (Å²) in [5.41, 5.74) is 6.91. The summed E-state index contributed by atoms with van der Waals surface area (Å²) in [4.78, 5) is 15.4. The second-order valence-electron chi connectivity index (χ2n) is 3.30. The molecule has 0 fully saturated rings. The fourth-order valence-electron chi connectivity index (χ4n) is 1.37. The normalized spacial score (nSPS) is 10.2. The van der Waals surface area contributed by atoms with E-state index in [1.54, 1.807) is 37.6 Å². The van der Waals surface area contributed by atoms with Crippen molar-refractivity contribution in [1.29, 1.82) is 0 Å². The van der Waals surface area contributed by atoms with Gasteiger partial charge in [0, 0.05) is 12.4 Å². The molecule has 2 N–H and O–H groups in total. The molecule has 0 saturated carbocycles. The number of rotatable bonds is 3. The summed E-state index contributed by atoms with van der Waals surface area (Å²) in [5, 5.41) is 4.09. The molecule has 2 aromatic heterocycles. The molecular weight excluding hydrogens is 220 g/mol. The number of esters is 1. The number of ether oxygens (including phenoxy) is 1. The number of nitrogens with two attached hydrogens (primary N) is 1. The molecule has 0 spiro atoms. The van der Waals surface area contributed by atoms with Gasteiger partial charge in [-0.25, -0.2) is 9.48 Å². The van der Waals surface area contributed by atoms with Crippen LogP contribution in [0, 0.1) is 0 Å². The molecule has 6 heteroatoms. The predicted molar refractivity (Wildman–Crippen MR) is 61.7 cm³/mol. The second kappa shape index (κ2) is 4.65. The Hall–Kier alpha value is -2.37. The molecule has 0 atom stereocenters. The molecule has 0 aromatic carbocycles. The maximum atomic E-state index is 11.5. The van der Waals surface area contributed by atoms with Gasteiger partial charge >= 0.3 is 5.97 Å². The van der Waals surface area contributed by atoms with Crippen molar-refractivity contribution in [1.82, 2.24) is 14.8 Å². The van der Waals surface area contributed by atoms with Crippen molar-refractivity contribution in [3.63, 3.8) is 0 Å². The van der Waals surface area contributed by atoms with E-state index in [0.29, 0.717) is 12.3 Å². The number of anilines is 1. The Morgan fingerprint density at radius 1 is 1.47 bits per heavy atom. The average Bonchev–Trinajstić information content (AvgIpc) is 2.73. The van der Waals surface area contributed by atoms with E-state index in [0.717, 1.165) is 5.69 Å². The lowest BCUT2D eigenvalue weighted by atomic mass is 10.4. The van der Waals surface area contributed by atoms with Crippen molar-refractivity contribution in [3.8, 4) is 5.69 Å². The number of nitrogen functional groups attached to an aromatic ring is 1. The Kier molecular flexibility index (Phi) is 3.04. The van der Waals surface area contributed by atoms with Crippen LogP contribution in [0.2, 0.25) is 0 Å². The van der Waals surface area contributed by atoms with Gasteiger partial charge in [-0.3, -0.25) is 4.98 Å². The molecule has 0 unspecified atom stereocenters. The van der Waals surface area contributed by atoms with Gasteiger partial charge in [0.1, 0.15) is 0 Å². The van der Waals surface area contributed by atoms with E-state index in [-0.39, 0.29) is 5.69 Å². The maximum absolute atomic E-state index is 11.5. The Bertz CT molecular complexity index is 522. The first-order valence-corrected chi connectivity index (χ1v) is 5.15. The van der Waals surface area contributed by atoms with Crippen LogP contribution in [0.25, 0.3) is 5.69 Å². The lowest BCUT2D eigenvalue weighted by molar-refractivity contribution is 0.0520. The van der Waals surface area contributed by atoms with Gasteiger partial charge in [-0.05, 0) is 19.1 Å². The fraction of sp³-hybridized carbons (Fsp3) is 0.182. The van der Waals surface area contributed by atoms with Crippen LogP contribution in [0.3, 0.4) is 0 Å². The number of hydrogen-bond acceptors (Lipinski definition) is 5. The first-order valence-electron chi connectivity index (χ1n) is 5.15. The van der Waals surface area contributed by atoms with Crippen molar-refractivity contribution >= 4 is 11.7 Å². The van der Waals surface area contributed by atoms with Gasteiger partial charge in [0.05, 0.1) is 24.2 Å². The molecule has 0 aliphatic carbocycles. The molecular formula is C11H12N4O2. The van der Waals surface area contributed by atoms with Gasteiger partial charge in [0.15, 0.2) is 5.69 Å². The molecule has 0 radical (unpaired) electrons. The Balaban J connectivity index is 2.34. The topological polar surface area (TPSA) is 83.0 Å². The number of carbonyl (C=O) groups is 1. The number of nitrogens with zero attached hydrogens (tertiary/aromatic N) is 3. The molecule has 2 aromatic rings. The maximum Gasteiger partial charge on any atom is 0.361 e. The number of hydrogen-bond donors (Lipinski definition) is 1. The molecule has 0 aliphatic heterocycles. The summed E-state index contributed by atoms with van der Waals surface area (Å²) < 4.78 is 6.37. The molecule has 0 saturated heterocycles. The van der Waals surface area contributed by atoms with Gasteiger partial charge in [0.25, 0.3) is 0 Å². The molecule has 88 valence electrons. The summed E-state index contributed by atoms with van der Waals surface area (Å²) in [6.45, 7) is 2.02. The summed E-state index contributed by atoms with van der Waals surface area (Å²) in [6, 6.07) is 3.53. The van der Waals surface area contributed by atoms with Crippen molar-refractivity contribution < 1.29 is 9.53 Å². The third-order valence-electron chi connectivity index (χ3n) is 2.14. The van der Waals surface area contributed by atoms with Crippen LogP contribution in [-0.4, -0.2) is 27.3 Å². The van der Waals surface area contributed by atoms with Crippen LogP contribution < -0.4 is 5.73 Å². The van der Waals surface area contributed by atoms with E-state index in [1.165, 1.54) is 4.68 Å². The fourth-order valence-corrected chi connectivity index (χ4v) is 1.37. The van der Waals surface area contributed by atoms with Crippen molar-refractivity contribution in [3.05, 3.63) is 36.4 Å². The second-order valence-corrected chi connectivity index (χ2v) is 3.30. The van der Waals surface area contributed by atoms with Crippen molar-refractivity contribution in [2.45, 2.75) is 6.92 Å². The number of carbonyl (C=O) groups excluding carboxylic acids is 1. The highest BCUT2D eigenvalue weighted by molar-refractivity contribution is 5.92. The molecule has 2 rings (SSSR count). The van der Waals surface area contributed by atoms with Gasteiger partial charge in [0.2, 0.25) is 0 Å². The minimum Gasteiger partial charge on any atom is -0.461 e. The van der Waals surface area contributed by atoms with E-state index >= 15 is 0 Å². The van der Waals surface area contributed by atoms with Gasteiger partial charge in [-0.2, -0.15) is 5.10 Å². The van der Waals surface area contributed by atoms with Crippen LogP contribution in [0.5, 0.6) is 0 Å². The molecule has 2 heterocycles. The van der Waals surface area contributed by atoms with Crippen LogP contribution in [0.1, 0.15) is 17.4 Å². The van der Waals surface area contributed by atoms with Crippen LogP contribution in [0.15, 0.2) is 30.7 Å². The molecule has 0 bridgehead atoms. The highest BCUT2D eigenvalue weighted by Crippen LogP contribution is 2.14. The summed E-state index contributed by atoms with van der Waals surface area (Å²) in [5.74, 6) is -0.516. The summed E-state index contributed by atoms with van der Waals surface area (Å²) >= 11 is 0. The monoisotopic (exact) mass is 232 g/mol. The van der Waals surface area contributed by atoms with Gasteiger partial charge in [-0.1, -0.05) is 0 Å². The third-order valence-corrected chi connectivity index (χ3v) is 2.14. The van der Waals surface area contributed by atoms with Crippen LogP contribution >= 0.6 is 0 Å². The van der Waals surface area contributed by atoms with E-state index in [1.807, 2.05) is 0 Å². The van der Waals surface area contributed by atoms with E-state index < -0.39 is 5.97 Å². The van der Waals surface area contributed by atoms with Gasteiger partial charge < -0.3 is 10.5 Å². The first kappa shape index (κ1) is 11.1. The van der Waals surface area contributed by atoms with Crippen LogP contribution in [0.4, 0.5) is 5.69 Å². The first-order chi connectivity index (χ1) is 8.22. The largest absolute Gasteiger partial charge is 0.461 e. The molecule has 17 heavy (non-hydrogen) atoms. The molecule has 0 aliphatic rings. The van der Waals surface area contributed by atoms with Crippen molar-refractivity contribution in [2.24, 2.45) is 0 Å². The zero-order chi connectivity index (χ0) is 12.3. The standard InChI is InChI=1S/C11H12N4O2/c1-2-17-11(16)10-9(12)7-15(14-10)8-3-5-13-6-4-8/h3-7H,2,12H2,1H3. The minimum absolute atomic E-state index is 0.128. The lowest BCUT2D eigenvalue weighted by Crippen LogP contribution is -2.08. The predicted octanol–water partition coefficient (Wildman–Crippen LogP) is 1.03. The number of pyridine rings is 1. The highest BCUT2D eigenvalue weighted by atomic mass is 16.5. The lowest BCUT2D eigenvalue weighted by Gasteiger charge is -1.99. The van der Waals surface area contributed by atoms with E-state index in [2.05, 4.69) is 10.1 Å². The Morgan fingerprint density at radius 2 is 2.18 bits per heavy atom. The minimum atomic E-state index is -0.516. The number of aromatic nitrogens is 3. The smallest absolute Gasteiger partial charge is 0.361 e. The summed E-state index contributed by atoms with van der Waals surface area (Å²) in [6.07, 6.45) is 4.84. The average molecular weight is 232 g/mol. The Morgan fingerprint density at radius 3 is 2.82 bits per heavy atom. The van der Waals surface area contributed by atoms with E-state index in [4.69, 9.17) is 10.5 Å². The van der Waals surface area contributed by atoms with E-state index in [9.17, 15) is 4.79 Å². The zero-order valence-corrected chi connectivity index (χ0v) is 9.33. The van der Waals surface area contributed by atoms with Crippen molar-refractivity contribution in [2.75, 3.05) is 12.3 Å². The zero-order valence-electron chi connectivity index (χ0n) is 9.33. The van der Waals surface area contributed by atoms with Crippen LogP contribution in [-0.2, 0) is 4.74 Å².